The fourth-order valence-electron chi connectivity index (χ4n) is 3.19. The lowest BCUT2D eigenvalue weighted by atomic mass is 10.2. The van der Waals surface area contributed by atoms with Crippen LogP contribution in [0.1, 0.15) is 5.56 Å². The minimum atomic E-state index is -0.488. The Balaban J connectivity index is 1.84. The van der Waals surface area contributed by atoms with E-state index in [1.807, 2.05) is 24.3 Å². The van der Waals surface area contributed by atoms with Crippen LogP contribution in [0.25, 0.3) is 16.6 Å². The van der Waals surface area contributed by atoms with Crippen molar-refractivity contribution in [3.8, 4) is 17.2 Å². The van der Waals surface area contributed by atoms with E-state index < -0.39 is 5.82 Å². The zero-order valence-corrected chi connectivity index (χ0v) is 17.3. The van der Waals surface area contributed by atoms with E-state index in [1.54, 1.807) is 50.6 Å². The topological polar surface area (TPSA) is 53.4 Å². The molecule has 0 unspecified atom stereocenters. The lowest BCUT2D eigenvalue weighted by Crippen LogP contribution is -2.22. The number of fused-ring (bicyclic) bond motifs is 1. The lowest BCUT2D eigenvalue weighted by Gasteiger charge is -2.15. The van der Waals surface area contributed by atoms with Crippen LogP contribution in [0.4, 0.5) is 4.39 Å². The van der Waals surface area contributed by atoms with Gasteiger partial charge in [0.15, 0.2) is 5.16 Å². The summed E-state index contributed by atoms with van der Waals surface area (Å²) in [5.74, 6) is 1.37. The maximum absolute atomic E-state index is 14.6. The van der Waals surface area contributed by atoms with Crippen molar-refractivity contribution in [3.63, 3.8) is 0 Å². The van der Waals surface area contributed by atoms with Crippen LogP contribution in [0.2, 0.25) is 0 Å². The summed E-state index contributed by atoms with van der Waals surface area (Å²) in [5, 5.41) is 0.831. The highest BCUT2D eigenvalue weighted by Crippen LogP contribution is 2.31. The van der Waals surface area contributed by atoms with Gasteiger partial charge in [0.05, 0.1) is 30.8 Å². The number of hydrogen-bond donors (Lipinski definition) is 0. The first-order valence-corrected chi connectivity index (χ1v) is 10.2. The van der Waals surface area contributed by atoms with Gasteiger partial charge in [-0.2, -0.15) is 0 Å². The van der Waals surface area contributed by atoms with E-state index in [-0.39, 0.29) is 11.2 Å². The van der Waals surface area contributed by atoms with E-state index in [4.69, 9.17) is 9.47 Å². The molecule has 4 aromatic rings. The van der Waals surface area contributed by atoms with Crippen LogP contribution in [-0.2, 0) is 5.75 Å². The molecule has 30 heavy (non-hydrogen) atoms. The molecule has 0 fully saturated rings. The third kappa shape index (κ3) is 3.76. The molecule has 0 amide bonds. The highest BCUT2D eigenvalue weighted by atomic mass is 32.2. The number of aromatic nitrogens is 2. The highest BCUT2D eigenvalue weighted by molar-refractivity contribution is 7.98. The van der Waals surface area contributed by atoms with Crippen LogP contribution >= 0.6 is 11.8 Å². The molecule has 0 aliphatic rings. The fraction of sp³-hybridized carbons (Fsp3) is 0.130. The Hall–Kier alpha value is -3.32. The Morgan fingerprint density at radius 3 is 2.53 bits per heavy atom. The van der Waals surface area contributed by atoms with Gasteiger partial charge >= 0.3 is 0 Å². The zero-order valence-electron chi connectivity index (χ0n) is 16.5. The van der Waals surface area contributed by atoms with Gasteiger partial charge in [-0.3, -0.25) is 9.36 Å². The van der Waals surface area contributed by atoms with Gasteiger partial charge in [0.2, 0.25) is 0 Å². The van der Waals surface area contributed by atoms with Crippen LogP contribution in [0, 0.1) is 5.82 Å². The van der Waals surface area contributed by atoms with Crippen molar-refractivity contribution in [2.45, 2.75) is 10.9 Å². The summed E-state index contributed by atoms with van der Waals surface area (Å²) < 4.78 is 26.7. The van der Waals surface area contributed by atoms with E-state index in [9.17, 15) is 9.18 Å². The van der Waals surface area contributed by atoms with Gasteiger partial charge in [0.1, 0.15) is 17.3 Å². The molecule has 5 nitrogen and oxygen atoms in total. The Bertz CT molecular complexity index is 1270. The third-order valence-electron chi connectivity index (χ3n) is 4.68. The standard InChI is InChI=1S/C23H19FN2O3S/c1-28-16-11-12-21(29-2)15(13-16)14-30-23-25-19-9-5-3-7-17(19)22(27)26(23)20-10-6-4-8-18(20)24/h3-13H,14H2,1-2H3. The number of rotatable bonds is 6. The number of para-hydroxylation sites is 2. The molecule has 0 bridgehead atoms. The molecular formula is C23H19FN2O3S. The first kappa shape index (κ1) is 20.0. The second kappa shape index (κ2) is 8.59. The molecule has 1 aromatic heterocycles. The summed E-state index contributed by atoms with van der Waals surface area (Å²) in [5.41, 5.74) is 1.30. The molecule has 0 aliphatic carbocycles. The van der Waals surface area contributed by atoms with Gasteiger partial charge in [-0.25, -0.2) is 9.37 Å². The van der Waals surface area contributed by atoms with Crippen molar-refractivity contribution < 1.29 is 13.9 Å². The van der Waals surface area contributed by atoms with Crippen molar-refractivity contribution >= 4 is 22.7 Å². The largest absolute Gasteiger partial charge is 0.497 e. The molecule has 1 heterocycles. The molecule has 0 N–H and O–H groups in total. The van der Waals surface area contributed by atoms with E-state index in [1.165, 1.54) is 22.4 Å². The molecule has 0 saturated heterocycles. The van der Waals surface area contributed by atoms with Crippen molar-refractivity contribution in [3.05, 3.63) is 88.5 Å². The van der Waals surface area contributed by atoms with Gasteiger partial charge in [0, 0.05) is 11.3 Å². The summed E-state index contributed by atoms with van der Waals surface area (Å²) in [6.07, 6.45) is 0. The highest BCUT2D eigenvalue weighted by Gasteiger charge is 2.17. The number of thioether (sulfide) groups is 1. The molecule has 7 heteroatoms. The molecule has 0 spiro atoms. The van der Waals surface area contributed by atoms with Crippen LogP contribution in [-0.4, -0.2) is 23.8 Å². The third-order valence-corrected chi connectivity index (χ3v) is 5.67. The Morgan fingerprint density at radius 2 is 1.77 bits per heavy atom. The maximum Gasteiger partial charge on any atom is 0.266 e. The van der Waals surface area contributed by atoms with Crippen LogP contribution in [0.3, 0.4) is 0 Å². The molecule has 0 radical (unpaired) electrons. The summed E-state index contributed by atoms with van der Waals surface area (Å²) in [7, 11) is 3.19. The number of nitrogens with zero attached hydrogens (tertiary/aromatic N) is 2. The minimum absolute atomic E-state index is 0.167. The van der Waals surface area contributed by atoms with Crippen molar-refractivity contribution in [1.82, 2.24) is 9.55 Å². The molecule has 4 rings (SSSR count). The average molecular weight is 422 g/mol. The molecule has 0 atom stereocenters. The Labute approximate surface area is 177 Å². The number of halogens is 1. The van der Waals surface area contributed by atoms with Crippen LogP contribution in [0.5, 0.6) is 11.5 Å². The second-order valence-corrected chi connectivity index (χ2v) is 7.41. The summed E-state index contributed by atoms with van der Waals surface area (Å²) in [6.45, 7) is 0. The van der Waals surface area contributed by atoms with E-state index in [0.717, 1.165) is 5.56 Å². The minimum Gasteiger partial charge on any atom is -0.497 e. The number of methoxy groups -OCH3 is 2. The van der Waals surface area contributed by atoms with Gasteiger partial charge in [0.25, 0.3) is 5.56 Å². The normalized spacial score (nSPS) is 10.9. The van der Waals surface area contributed by atoms with Gasteiger partial charge in [-0.05, 0) is 42.5 Å². The number of hydrogen-bond acceptors (Lipinski definition) is 5. The first-order valence-electron chi connectivity index (χ1n) is 9.22. The van der Waals surface area contributed by atoms with E-state index in [0.29, 0.717) is 33.3 Å². The molecule has 0 saturated carbocycles. The van der Waals surface area contributed by atoms with Crippen molar-refractivity contribution in [2.75, 3.05) is 14.2 Å². The van der Waals surface area contributed by atoms with Gasteiger partial charge in [-0.1, -0.05) is 36.0 Å². The SMILES string of the molecule is COc1ccc(OC)c(CSc2nc3ccccc3c(=O)n2-c2ccccc2F)c1. The van der Waals surface area contributed by atoms with E-state index >= 15 is 0 Å². The summed E-state index contributed by atoms with van der Waals surface area (Å²) in [4.78, 5) is 17.9. The first-order chi connectivity index (χ1) is 14.6. The van der Waals surface area contributed by atoms with Crippen molar-refractivity contribution in [2.24, 2.45) is 0 Å². The van der Waals surface area contributed by atoms with Crippen LogP contribution in [0.15, 0.2) is 76.7 Å². The van der Waals surface area contributed by atoms with Crippen molar-refractivity contribution in [1.29, 1.82) is 0 Å². The fourth-order valence-corrected chi connectivity index (χ4v) is 4.18. The van der Waals surface area contributed by atoms with Gasteiger partial charge in [-0.15, -0.1) is 0 Å². The predicted molar refractivity (Wildman–Crippen MR) is 116 cm³/mol. The molecule has 0 aliphatic heterocycles. The summed E-state index contributed by atoms with van der Waals surface area (Å²) >= 11 is 1.33. The molecular weight excluding hydrogens is 403 g/mol. The Morgan fingerprint density at radius 1 is 1.00 bits per heavy atom. The maximum atomic E-state index is 14.6. The molecule has 3 aromatic carbocycles. The number of ether oxygens (including phenoxy) is 2. The van der Waals surface area contributed by atoms with Gasteiger partial charge < -0.3 is 9.47 Å². The monoisotopic (exact) mass is 422 g/mol. The quantitative estimate of drug-likeness (QED) is 0.329. The average Bonchev–Trinajstić information content (AvgIpc) is 2.78. The Kier molecular flexibility index (Phi) is 5.72. The zero-order chi connectivity index (χ0) is 21.1. The van der Waals surface area contributed by atoms with Crippen LogP contribution < -0.4 is 15.0 Å². The summed E-state index contributed by atoms with van der Waals surface area (Å²) in [6, 6.07) is 18.8. The predicted octanol–water partition coefficient (Wildman–Crippen LogP) is 4.83. The number of benzene rings is 3. The molecule has 152 valence electrons. The second-order valence-electron chi connectivity index (χ2n) is 6.47. The van der Waals surface area contributed by atoms with E-state index in [2.05, 4.69) is 4.98 Å². The smallest absolute Gasteiger partial charge is 0.266 e. The lowest BCUT2D eigenvalue weighted by molar-refractivity contribution is 0.400.